The summed E-state index contributed by atoms with van der Waals surface area (Å²) in [6.45, 7) is 4.27. The minimum atomic E-state index is 0.455. The Bertz CT molecular complexity index is 440. The summed E-state index contributed by atoms with van der Waals surface area (Å²) < 4.78 is 0. The summed E-state index contributed by atoms with van der Waals surface area (Å²) in [4.78, 5) is 14.0. The van der Waals surface area contributed by atoms with Gasteiger partial charge in [-0.1, -0.05) is 29.8 Å². The van der Waals surface area contributed by atoms with E-state index < -0.39 is 0 Å². The van der Waals surface area contributed by atoms with Crippen molar-refractivity contribution in [3.05, 3.63) is 35.4 Å². The topological polar surface area (TPSA) is 20.3 Å². The minimum Gasteiger partial charge on any atom is -0.300 e. The van der Waals surface area contributed by atoms with E-state index in [0.717, 1.165) is 32.4 Å². The molecule has 3 rings (SSSR count). The van der Waals surface area contributed by atoms with Crippen molar-refractivity contribution in [3.8, 4) is 0 Å². The highest BCUT2D eigenvalue weighted by Gasteiger charge is 2.36. The number of benzene rings is 1. The lowest BCUT2D eigenvalue weighted by Gasteiger charge is -2.27. The number of Topliss-reactive ketones (excluding diaryl/α,β-unsaturated/α-hetero) is 1. The van der Waals surface area contributed by atoms with Crippen LogP contribution in [-0.2, 0) is 4.79 Å². The number of nitrogens with zero attached hydrogens (tertiary/aromatic N) is 1. The van der Waals surface area contributed by atoms with Crippen molar-refractivity contribution < 1.29 is 4.79 Å². The molecule has 1 aromatic carbocycles. The quantitative estimate of drug-likeness (QED) is 0.737. The number of fused-ring (bicyclic) bond motifs is 1. The average Bonchev–Trinajstić information content (AvgIpc) is 2.72. The van der Waals surface area contributed by atoms with Crippen LogP contribution in [-0.4, -0.2) is 29.8 Å². The molecule has 2 saturated heterocycles. The smallest absolute Gasteiger partial charge is 0.135 e. The molecule has 0 amide bonds. The Hall–Kier alpha value is -1.15. The third-order valence-electron chi connectivity index (χ3n) is 4.18. The predicted molar refractivity (Wildman–Crippen MR) is 68.1 cm³/mol. The van der Waals surface area contributed by atoms with E-state index in [1.54, 1.807) is 0 Å². The van der Waals surface area contributed by atoms with Crippen molar-refractivity contribution in [2.45, 2.75) is 38.1 Å². The molecule has 0 aromatic heterocycles. The van der Waals surface area contributed by atoms with Gasteiger partial charge in [-0.05, 0) is 24.8 Å². The van der Waals surface area contributed by atoms with Crippen LogP contribution in [0.4, 0.5) is 0 Å². The Morgan fingerprint density at radius 2 is 2.24 bits per heavy atom. The first-order chi connectivity index (χ1) is 8.22. The van der Waals surface area contributed by atoms with E-state index in [2.05, 4.69) is 36.1 Å². The number of hydrogen-bond donors (Lipinski definition) is 0. The summed E-state index contributed by atoms with van der Waals surface area (Å²) in [6, 6.07) is 9.34. The molecule has 0 aliphatic carbocycles. The molecule has 90 valence electrons. The Balaban J connectivity index is 1.77. The molecule has 2 heteroatoms. The largest absolute Gasteiger partial charge is 0.300 e. The molecule has 0 saturated carbocycles. The van der Waals surface area contributed by atoms with Gasteiger partial charge < -0.3 is 0 Å². The van der Waals surface area contributed by atoms with Gasteiger partial charge in [0.15, 0.2) is 0 Å². The summed E-state index contributed by atoms with van der Waals surface area (Å²) in [6.07, 6.45) is 2.70. The van der Waals surface area contributed by atoms with Crippen molar-refractivity contribution in [2.24, 2.45) is 0 Å². The maximum atomic E-state index is 11.5. The molecule has 17 heavy (non-hydrogen) atoms. The van der Waals surface area contributed by atoms with Gasteiger partial charge in [-0.2, -0.15) is 0 Å². The third-order valence-corrected chi connectivity index (χ3v) is 4.18. The van der Waals surface area contributed by atoms with E-state index in [9.17, 15) is 4.79 Å². The number of carbonyl (C=O) groups excluding carboxylic acids is 1. The van der Waals surface area contributed by atoms with Crippen molar-refractivity contribution >= 4 is 5.78 Å². The summed E-state index contributed by atoms with van der Waals surface area (Å²) in [5.41, 5.74) is 2.79. The molecule has 0 N–H and O–H groups in total. The molecule has 2 heterocycles. The molecule has 2 fully saturated rings. The fraction of sp³-hybridized carbons (Fsp3) is 0.533. The minimum absolute atomic E-state index is 0.455. The maximum absolute atomic E-state index is 11.5. The van der Waals surface area contributed by atoms with Gasteiger partial charge in [-0.25, -0.2) is 0 Å². The zero-order valence-electron chi connectivity index (χ0n) is 10.4. The molecular formula is C15H19NO. The van der Waals surface area contributed by atoms with Crippen LogP contribution >= 0.6 is 0 Å². The van der Waals surface area contributed by atoms with Crippen molar-refractivity contribution in [1.82, 2.24) is 4.90 Å². The number of carbonyl (C=O) groups is 1. The van der Waals surface area contributed by atoms with E-state index in [1.165, 1.54) is 11.1 Å². The molecule has 0 unspecified atom stereocenters. The lowest BCUT2D eigenvalue weighted by Crippen LogP contribution is -2.38. The fourth-order valence-electron chi connectivity index (χ4n) is 3.27. The monoisotopic (exact) mass is 229 g/mol. The second kappa shape index (κ2) is 4.26. The molecular weight excluding hydrogens is 210 g/mol. The predicted octanol–water partition coefficient (Wildman–Crippen LogP) is 2.52. The zero-order chi connectivity index (χ0) is 11.8. The number of aryl methyl sites for hydroxylation is 1. The van der Waals surface area contributed by atoms with Crippen LogP contribution in [0.5, 0.6) is 0 Å². The van der Waals surface area contributed by atoms with E-state index in [0.29, 0.717) is 17.7 Å². The van der Waals surface area contributed by atoms with Gasteiger partial charge in [0.05, 0.1) is 0 Å². The highest BCUT2D eigenvalue weighted by Crippen LogP contribution is 2.35. The zero-order valence-corrected chi connectivity index (χ0v) is 10.4. The van der Waals surface area contributed by atoms with E-state index in [4.69, 9.17) is 0 Å². The van der Waals surface area contributed by atoms with Crippen molar-refractivity contribution in [1.29, 1.82) is 0 Å². The second-order valence-corrected chi connectivity index (χ2v) is 5.49. The molecule has 2 aliphatic rings. The molecule has 1 aromatic rings. The molecule has 0 spiro atoms. The van der Waals surface area contributed by atoms with Crippen LogP contribution in [0.2, 0.25) is 0 Å². The molecule has 2 aliphatic heterocycles. The van der Waals surface area contributed by atoms with Gasteiger partial charge in [0, 0.05) is 32.0 Å². The second-order valence-electron chi connectivity index (χ2n) is 5.49. The summed E-state index contributed by atoms with van der Waals surface area (Å²) in [5, 5.41) is 0. The fourth-order valence-corrected chi connectivity index (χ4v) is 3.27. The highest BCUT2D eigenvalue weighted by atomic mass is 16.1. The van der Waals surface area contributed by atoms with Crippen LogP contribution in [0.1, 0.15) is 36.3 Å². The maximum Gasteiger partial charge on any atom is 0.135 e. The first-order valence-corrected chi connectivity index (χ1v) is 6.54. The lowest BCUT2D eigenvalue weighted by atomic mass is 9.93. The van der Waals surface area contributed by atoms with Gasteiger partial charge in [-0.3, -0.25) is 9.69 Å². The summed E-state index contributed by atoms with van der Waals surface area (Å²) in [5.74, 6) is 1.09. The van der Waals surface area contributed by atoms with Gasteiger partial charge in [-0.15, -0.1) is 0 Å². The van der Waals surface area contributed by atoms with Crippen LogP contribution < -0.4 is 0 Å². The van der Waals surface area contributed by atoms with Gasteiger partial charge in [0.25, 0.3) is 0 Å². The number of rotatable bonds is 1. The highest BCUT2D eigenvalue weighted by molar-refractivity contribution is 5.80. The number of ketones is 1. The Labute approximate surface area is 103 Å². The molecule has 0 radical (unpaired) electrons. The SMILES string of the molecule is Cc1cccc([C@@H]2C[C@H]3CC(=O)CCN3C2)c1. The van der Waals surface area contributed by atoms with E-state index >= 15 is 0 Å². The first-order valence-electron chi connectivity index (χ1n) is 6.54. The number of piperidine rings is 1. The molecule has 0 bridgehead atoms. The van der Waals surface area contributed by atoms with Gasteiger partial charge in [0.1, 0.15) is 5.78 Å². The Morgan fingerprint density at radius 3 is 3.06 bits per heavy atom. The molecule has 2 atom stereocenters. The van der Waals surface area contributed by atoms with Gasteiger partial charge in [0.2, 0.25) is 0 Å². The van der Waals surface area contributed by atoms with Crippen molar-refractivity contribution in [3.63, 3.8) is 0 Å². The van der Waals surface area contributed by atoms with Crippen LogP contribution in [0.15, 0.2) is 24.3 Å². The van der Waals surface area contributed by atoms with E-state index in [1.807, 2.05) is 0 Å². The van der Waals surface area contributed by atoms with E-state index in [-0.39, 0.29) is 0 Å². The normalized spacial score (nSPS) is 29.4. The first kappa shape index (κ1) is 11.0. The average molecular weight is 229 g/mol. The van der Waals surface area contributed by atoms with Crippen LogP contribution in [0.3, 0.4) is 0 Å². The Morgan fingerprint density at radius 1 is 1.35 bits per heavy atom. The standard InChI is InChI=1S/C15H19NO/c1-11-3-2-4-12(7-11)13-8-14-9-15(17)5-6-16(14)10-13/h2-4,7,13-14H,5-6,8-10H2,1H3/t13-,14+/m1/s1. The number of hydrogen-bond acceptors (Lipinski definition) is 2. The van der Waals surface area contributed by atoms with Gasteiger partial charge >= 0.3 is 0 Å². The van der Waals surface area contributed by atoms with Crippen LogP contribution in [0.25, 0.3) is 0 Å². The molecule has 2 nitrogen and oxygen atoms in total. The summed E-state index contributed by atoms with van der Waals surface area (Å²) >= 11 is 0. The van der Waals surface area contributed by atoms with Crippen molar-refractivity contribution in [2.75, 3.05) is 13.1 Å². The van der Waals surface area contributed by atoms with Crippen LogP contribution in [0, 0.1) is 6.92 Å². The Kier molecular flexibility index (Phi) is 2.75. The third kappa shape index (κ3) is 2.14. The summed E-state index contributed by atoms with van der Waals surface area (Å²) in [7, 11) is 0. The lowest BCUT2D eigenvalue weighted by molar-refractivity contribution is -0.122.